The van der Waals surface area contributed by atoms with Crippen molar-refractivity contribution in [1.29, 1.82) is 0 Å². The Morgan fingerprint density at radius 2 is 2.11 bits per heavy atom. The first-order valence-electron chi connectivity index (χ1n) is 6.20. The quantitative estimate of drug-likeness (QED) is 0.867. The summed E-state index contributed by atoms with van der Waals surface area (Å²) in [6.45, 7) is 1.82. The van der Waals surface area contributed by atoms with Crippen molar-refractivity contribution < 1.29 is 8.91 Å². The molecule has 0 spiro atoms. The minimum Gasteiger partial charge on any atom is -0.360 e. The molecule has 0 radical (unpaired) electrons. The van der Waals surface area contributed by atoms with Gasteiger partial charge in [-0.25, -0.2) is 4.39 Å². The number of hydrogen-bond donors (Lipinski definition) is 1. The summed E-state index contributed by atoms with van der Waals surface area (Å²) in [6.07, 6.45) is 0. The lowest BCUT2D eigenvalue weighted by molar-refractivity contribution is 0.263. The van der Waals surface area contributed by atoms with Crippen LogP contribution < -0.4 is 5.32 Å². The second kappa shape index (κ2) is 6.45. The molecule has 1 aromatic carbocycles. The van der Waals surface area contributed by atoms with Crippen LogP contribution in [0.2, 0.25) is 0 Å². The molecular weight excluding hydrogens is 245 g/mol. The fourth-order valence-corrected chi connectivity index (χ4v) is 1.93. The van der Waals surface area contributed by atoms with Gasteiger partial charge in [0.05, 0.1) is 12.2 Å². The summed E-state index contributed by atoms with van der Waals surface area (Å²) in [5, 5.41) is 6.96. The van der Waals surface area contributed by atoms with Gasteiger partial charge in [-0.15, -0.1) is 0 Å². The first-order valence-corrected chi connectivity index (χ1v) is 6.20. The number of aromatic nitrogens is 1. The van der Waals surface area contributed by atoms with Crippen LogP contribution >= 0.6 is 0 Å². The van der Waals surface area contributed by atoms with Crippen molar-refractivity contribution in [2.45, 2.75) is 19.6 Å². The van der Waals surface area contributed by atoms with Crippen LogP contribution in [0, 0.1) is 5.82 Å². The Balaban J connectivity index is 1.93. The summed E-state index contributed by atoms with van der Waals surface area (Å²) < 4.78 is 18.8. The Kier molecular flexibility index (Phi) is 4.65. The average molecular weight is 263 g/mol. The molecule has 0 atom stereocenters. The van der Waals surface area contributed by atoms with E-state index in [1.807, 2.05) is 31.1 Å². The molecule has 4 nitrogen and oxygen atoms in total. The molecule has 0 aliphatic heterocycles. The number of rotatable bonds is 6. The highest BCUT2D eigenvalue weighted by Crippen LogP contribution is 2.12. The highest BCUT2D eigenvalue weighted by atomic mass is 19.1. The topological polar surface area (TPSA) is 41.3 Å². The molecule has 5 heteroatoms. The molecule has 1 aromatic heterocycles. The third kappa shape index (κ3) is 3.87. The number of hydrogen-bond acceptors (Lipinski definition) is 4. The molecule has 0 unspecified atom stereocenters. The monoisotopic (exact) mass is 263 g/mol. The normalized spacial score (nSPS) is 11.2. The summed E-state index contributed by atoms with van der Waals surface area (Å²) in [4.78, 5) is 1.99. The molecule has 1 heterocycles. The molecule has 0 saturated heterocycles. The first kappa shape index (κ1) is 13.7. The van der Waals surface area contributed by atoms with Gasteiger partial charge in [0, 0.05) is 24.7 Å². The Bertz CT molecular complexity index is 527. The molecule has 102 valence electrons. The zero-order valence-corrected chi connectivity index (χ0v) is 11.2. The van der Waals surface area contributed by atoms with E-state index >= 15 is 0 Å². The second-order valence-electron chi connectivity index (χ2n) is 4.58. The Labute approximate surface area is 112 Å². The van der Waals surface area contributed by atoms with Crippen LogP contribution in [0.3, 0.4) is 0 Å². The van der Waals surface area contributed by atoms with E-state index in [9.17, 15) is 4.39 Å². The van der Waals surface area contributed by atoms with E-state index in [-0.39, 0.29) is 5.82 Å². The van der Waals surface area contributed by atoms with Crippen LogP contribution in [-0.2, 0) is 19.6 Å². The van der Waals surface area contributed by atoms with Crippen molar-refractivity contribution in [2.75, 3.05) is 14.1 Å². The summed E-state index contributed by atoms with van der Waals surface area (Å²) in [5.74, 6) is 0.604. The van der Waals surface area contributed by atoms with E-state index in [1.165, 1.54) is 6.07 Å². The molecule has 0 amide bonds. The maximum Gasteiger partial charge on any atom is 0.151 e. The molecule has 0 aliphatic rings. The van der Waals surface area contributed by atoms with Gasteiger partial charge in [0.15, 0.2) is 5.76 Å². The number of nitrogens with zero attached hydrogens (tertiary/aromatic N) is 2. The zero-order valence-electron chi connectivity index (χ0n) is 11.2. The van der Waals surface area contributed by atoms with Crippen LogP contribution in [0.25, 0.3) is 0 Å². The second-order valence-corrected chi connectivity index (χ2v) is 4.58. The predicted molar refractivity (Wildman–Crippen MR) is 70.8 cm³/mol. The van der Waals surface area contributed by atoms with E-state index in [2.05, 4.69) is 10.5 Å². The largest absolute Gasteiger partial charge is 0.360 e. The van der Waals surface area contributed by atoms with E-state index in [0.29, 0.717) is 25.2 Å². The molecule has 1 N–H and O–H groups in total. The summed E-state index contributed by atoms with van der Waals surface area (Å²) in [6, 6.07) is 8.71. The van der Waals surface area contributed by atoms with Gasteiger partial charge in [0.2, 0.25) is 0 Å². The molecule has 2 rings (SSSR count). The summed E-state index contributed by atoms with van der Waals surface area (Å²) in [5.41, 5.74) is 1.55. The van der Waals surface area contributed by atoms with Crippen molar-refractivity contribution in [3.63, 3.8) is 0 Å². The van der Waals surface area contributed by atoms with Crippen LogP contribution in [0.15, 0.2) is 34.9 Å². The van der Waals surface area contributed by atoms with Crippen molar-refractivity contribution in [2.24, 2.45) is 0 Å². The van der Waals surface area contributed by atoms with Gasteiger partial charge in [-0.1, -0.05) is 23.4 Å². The van der Waals surface area contributed by atoms with Crippen LogP contribution in [0.5, 0.6) is 0 Å². The van der Waals surface area contributed by atoms with Crippen LogP contribution in [0.1, 0.15) is 17.0 Å². The van der Waals surface area contributed by atoms with Gasteiger partial charge < -0.3 is 9.84 Å². The minimum atomic E-state index is -0.178. The maximum absolute atomic E-state index is 13.5. The molecule has 0 bridgehead atoms. The lowest BCUT2D eigenvalue weighted by atomic mass is 10.2. The number of nitrogens with one attached hydrogen (secondary N) is 1. The van der Waals surface area contributed by atoms with Gasteiger partial charge >= 0.3 is 0 Å². The molecule has 0 saturated carbocycles. The molecule has 0 fully saturated rings. The minimum absolute atomic E-state index is 0.178. The van der Waals surface area contributed by atoms with Gasteiger partial charge in [-0.2, -0.15) is 0 Å². The van der Waals surface area contributed by atoms with Gasteiger partial charge in [0.1, 0.15) is 5.82 Å². The van der Waals surface area contributed by atoms with E-state index in [1.54, 1.807) is 12.1 Å². The Morgan fingerprint density at radius 1 is 1.32 bits per heavy atom. The Morgan fingerprint density at radius 3 is 2.84 bits per heavy atom. The van der Waals surface area contributed by atoms with Crippen molar-refractivity contribution in [1.82, 2.24) is 15.4 Å². The van der Waals surface area contributed by atoms with Crippen LogP contribution in [-0.4, -0.2) is 24.2 Å². The van der Waals surface area contributed by atoms with E-state index in [0.717, 1.165) is 11.5 Å². The lowest BCUT2D eigenvalue weighted by Crippen LogP contribution is -2.17. The third-order valence-corrected chi connectivity index (χ3v) is 2.79. The highest BCUT2D eigenvalue weighted by Gasteiger charge is 2.09. The van der Waals surface area contributed by atoms with E-state index in [4.69, 9.17) is 4.52 Å². The summed E-state index contributed by atoms with van der Waals surface area (Å²) in [7, 11) is 3.78. The van der Waals surface area contributed by atoms with Crippen molar-refractivity contribution >= 4 is 0 Å². The van der Waals surface area contributed by atoms with Gasteiger partial charge in [-0.05, 0) is 20.2 Å². The molecular formula is C14H18FN3O. The highest BCUT2D eigenvalue weighted by molar-refractivity contribution is 5.17. The molecule has 19 heavy (non-hydrogen) atoms. The smallest absolute Gasteiger partial charge is 0.151 e. The zero-order chi connectivity index (χ0) is 13.7. The van der Waals surface area contributed by atoms with Gasteiger partial charge in [-0.3, -0.25) is 4.90 Å². The van der Waals surface area contributed by atoms with Crippen LogP contribution in [0.4, 0.5) is 4.39 Å². The van der Waals surface area contributed by atoms with E-state index < -0.39 is 0 Å². The number of benzene rings is 1. The standard InChI is InChI=1S/C14H18FN3O/c1-16-8-12-7-13(19-17-12)10-18(2)9-11-5-3-4-6-14(11)15/h3-7,16H,8-10H2,1-2H3. The fourth-order valence-electron chi connectivity index (χ4n) is 1.93. The maximum atomic E-state index is 13.5. The Hall–Kier alpha value is -1.72. The first-order chi connectivity index (χ1) is 9.19. The van der Waals surface area contributed by atoms with Gasteiger partial charge in [0.25, 0.3) is 0 Å². The predicted octanol–water partition coefficient (Wildman–Crippen LogP) is 2.17. The molecule has 0 aliphatic carbocycles. The molecule has 2 aromatic rings. The SMILES string of the molecule is CNCc1cc(CN(C)Cc2ccccc2F)on1. The average Bonchev–Trinajstić information content (AvgIpc) is 2.80. The summed E-state index contributed by atoms with van der Waals surface area (Å²) >= 11 is 0. The van der Waals surface area contributed by atoms with Crippen molar-refractivity contribution in [3.8, 4) is 0 Å². The third-order valence-electron chi connectivity index (χ3n) is 2.79. The fraction of sp³-hybridized carbons (Fsp3) is 0.357. The lowest BCUT2D eigenvalue weighted by Gasteiger charge is -2.15. The van der Waals surface area contributed by atoms with Crippen molar-refractivity contribution in [3.05, 3.63) is 53.2 Å². The number of halogens is 1.